The SMILES string of the molecule is CNC(=O)C(C)CN(C)c1cc(F)cc([N+](=O)[O-])c1. The molecule has 0 aliphatic heterocycles. The molecule has 0 aliphatic rings. The van der Waals surface area contributed by atoms with Gasteiger partial charge in [-0.25, -0.2) is 4.39 Å². The van der Waals surface area contributed by atoms with Crippen LogP contribution in [0.25, 0.3) is 0 Å². The number of amides is 1. The number of nitrogens with zero attached hydrogens (tertiary/aromatic N) is 2. The van der Waals surface area contributed by atoms with Crippen LogP contribution < -0.4 is 10.2 Å². The van der Waals surface area contributed by atoms with Gasteiger partial charge in [0.2, 0.25) is 5.91 Å². The van der Waals surface area contributed by atoms with Crippen LogP contribution in [0.1, 0.15) is 6.92 Å². The van der Waals surface area contributed by atoms with E-state index in [1.165, 1.54) is 19.2 Å². The summed E-state index contributed by atoms with van der Waals surface area (Å²) in [5, 5.41) is 13.2. The first-order chi connectivity index (χ1) is 8.85. The number of benzene rings is 1. The van der Waals surface area contributed by atoms with Crippen molar-refractivity contribution in [2.24, 2.45) is 5.92 Å². The van der Waals surface area contributed by atoms with Gasteiger partial charge in [-0.3, -0.25) is 14.9 Å². The highest BCUT2D eigenvalue weighted by Gasteiger charge is 2.17. The van der Waals surface area contributed by atoms with E-state index in [9.17, 15) is 19.3 Å². The summed E-state index contributed by atoms with van der Waals surface area (Å²) >= 11 is 0. The number of non-ortho nitro benzene ring substituents is 1. The minimum Gasteiger partial charge on any atom is -0.374 e. The van der Waals surface area contributed by atoms with Crippen LogP contribution in [0.4, 0.5) is 15.8 Å². The van der Waals surface area contributed by atoms with Crippen molar-refractivity contribution in [1.29, 1.82) is 0 Å². The third-order valence-electron chi connectivity index (χ3n) is 2.76. The molecule has 1 atom stereocenters. The van der Waals surface area contributed by atoms with Crippen molar-refractivity contribution < 1.29 is 14.1 Å². The van der Waals surface area contributed by atoms with Crippen LogP contribution in [0.5, 0.6) is 0 Å². The molecule has 1 rings (SSSR count). The maximum atomic E-state index is 13.3. The van der Waals surface area contributed by atoms with E-state index in [0.717, 1.165) is 6.07 Å². The molecule has 0 heterocycles. The lowest BCUT2D eigenvalue weighted by Crippen LogP contribution is -2.34. The molecule has 7 heteroatoms. The van der Waals surface area contributed by atoms with Gasteiger partial charge >= 0.3 is 0 Å². The van der Waals surface area contributed by atoms with Crippen molar-refractivity contribution in [2.45, 2.75) is 6.92 Å². The molecule has 1 aromatic carbocycles. The zero-order chi connectivity index (χ0) is 14.6. The van der Waals surface area contributed by atoms with Gasteiger partial charge in [-0.05, 0) is 6.07 Å². The van der Waals surface area contributed by atoms with Crippen LogP contribution in [0.2, 0.25) is 0 Å². The molecular weight excluding hydrogens is 253 g/mol. The highest BCUT2D eigenvalue weighted by Crippen LogP contribution is 2.23. The summed E-state index contributed by atoms with van der Waals surface area (Å²) in [7, 11) is 3.18. The van der Waals surface area contributed by atoms with E-state index in [0.29, 0.717) is 12.2 Å². The Morgan fingerprint density at radius 3 is 2.68 bits per heavy atom. The fourth-order valence-corrected chi connectivity index (χ4v) is 1.73. The lowest BCUT2D eigenvalue weighted by Gasteiger charge is -2.22. The molecule has 0 bridgehead atoms. The Kier molecular flexibility index (Phi) is 4.80. The summed E-state index contributed by atoms with van der Waals surface area (Å²) < 4.78 is 13.3. The van der Waals surface area contributed by atoms with Gasteiger partial charge in [0, 0.05) is 32.4 Å². The van der Waals surface area contributed by atoms with Crippen LogP contribution in [0.15, 0.2) is 18.2 Å². The second-order valence-corrected chi connectivity index (χ2v) is 4.32. The lowest BCUT2D eigenvalue weighted by molar-refractivity contribution is -0.385. The van der Waals surface area contributed by atoms with Crippen molar-refractivity contribution in [2.75, 3.05) is 25.5 Å². The number of nitro groups is 1. The Morgan fingerprint density at radius 1 is 1.53 bits per heavy atom. The number of anilines is 1. The standard InChI is InChI=1S/C12H16FN3O3/c1-8(12(17)14-2)7-15(3)10-4-9(13)5-11(6-10)16(18)19/h4-6,8H,7H2,1-3H3,(H,14,17). The first kappa shape index (κ1) is 14.9. The van der Waals surface area contributed by atoms with Crippen molar-refractivity contribution in [3.8, 4) is 0 Å². The van der Waals surface area contributed by atoms with Crippen molar-refractivity contribution in [1.82, 2.24) is 5.32 Å². The van der Waals surface area contributed by atoms with Crippen molar-refractivity contribution >= 4 is 17.3 Å². The number of carbonyl (C=O) groups excluding carboxylic acids is 1. The lowest BCUT2D eigenvalue weighted by atomic mass is 10.1. The van der Waals surface area contributed by atoms with E-state index in [-0.39, 0.29) is 17.5 Å². The topological polar surface area (TPSA) is 75.5 Å². The number of rotatable bonds is 5. The average molecular weight is 269 g/mol. The van der Waals surface area contributed by atoms with E-state index >= 15 is 0 Å². The molecule has 6 nitrogen and oxygen atoms in total. The van der Waals surface area contributed by atoms with Crippen LogP contribution in [-0.2, 0) is 4.79 Å². The molecule has 1 unspecified atom stereocenters. The van der Waals surface area contributed by atoms with Crippen LogP contribution in [-0.4, -0.2) is 31.5 Å². The predicted molar refractivity (Wildman–Crippen MR) is 69.6 cm³/mol. The van der Waals surface area contributed by atoms with Gasteiger partial charge in [-0.1, -0.05) is 6.92 Å². The largest absolute Gasteiger partial charge is 0.374 e. The Balaban J connectivity index is 2.90. The molecule has 0 aliphatic carbocycles. The highest BCUT2D eigenvalue weighted by molar-refractivity contribution is 5.78. The van der Waals surface area contributed by atoms with Gasteiger partial charge < -0.3 is 10.2 Å². The van der Waals surface area contributed by atoms with E-state index in [4.69, 9.17) is 0 Å². The molecule has 0 saturated carbocycles. The fourth-order valence-electron chi connectivity index (χ4n) is 1.73. The molecule has 0 spiro atoms. The van der Waals surface area contributed by atoms with Gasteiger partial charge in [0.15, 0.2) is 0 Å². The van der Waals surface area contributed by atoms with Crippen molar-refractivity contribution in [3.05, 3.63) is 34.1 Å². The molecule has 0 fully saturated rings. The Labute approximate surface area is 110 Å². The summed E-state index contributed by atoms with van der Waals surface area (Å²) in [5.74, 6) is -1.13. The summed E-state index contributed by atoms with van der Waals surface area (Å²) in [6, 6.07) is 3.34. The molecule has 0 radical (unpaired) electrons. The van der Waals surface area contributed by atoms with E-state index < -0.39 is 10.7 Å². The maximum Gasteiger partial charge on any atom is 0.274 e. The predicted octanol–water partition coefficient (Wildman–Crippen LogP) is 1.55. The van der Waals surface area contributed by atoms with Crippen LogP contribution in [0, 0.1) is 21.8 Å². The zero-order valence-electron chi connectivity index (χ0n) is 11.0. The fraction of sp³-hybridized carbons (Fsp3) is 0.417. The quantitative estimate of drug-likeness (QED) is 0.650. The van der Waals surface area contributed by atoms with Gasteiger partial charge in [0.25, 0.3) is 5.69 Å². The summed E-state index contributed by atoms with van der Waals surface area (Å²) in [6.07, 6.45) is 0. The third-order valence-corrected chi connectivity index (χ3v) is 2.76. The second-order valence-electron chi connectivity index (χ2n) is 4.32. The summed E-state index contributed by atoms with van der Waals surface area (Å²) in [6.45, 7) is 2.06. The van der Waals surface area contributed by atoms with E-state index in [2.05, 4.69) is 5.32 Å². The normalized spacial score (nSPS) is 11.8. The van der Waals surface area contributed by atoms with Crippen LogP contribution >= 0.6 is 0 Å². The Bertz CT molecular complexity index is 493. The first-order valence-electron chi connectivity index (χ1n) is 5.73. The molecular formula is C12H16FN3O3. The molecule has 19 heavy (non-hydrogen) atoms. The number of nitro benzene ring substituents is 1. The Morgan fingerprint density at radius 2 is 2.16 bits per heavy atom. The second kappa shape index (κ2) is 6.12. The molecule has 104 valence electrons. The summed E-state index contributed by atoms with van der Waals surface area (Å²) in [5.41, 5.74) is 0.0527. The smallest absolute Gasteiger partial charge is 0.274 e. The van der Waals surface area contributed by atoms with E-state index in [1.54, 1.807) is 18.9 Å². The van der Waals surface area contributed by atoms with Gasteiger partial charge in [0.05, 0.1) is 16.9 Å². The van der Waals surface area contributed by atoms with Gasteiger partial charge in [-0.2, -0.15) is 0 Å². The maximum absolute atomic E-state index is 13.3. The number of carbonyl (C=O) groups is 1. The van der Waals surface area contributed by atoms with E-state index in [1.807, 2.05) is 0 Å². The number of nitrogens with one attached hydrogen (secondary N) is 1. The number of hydrogen-bond acceptors (Lipinski definition) is 4. The zero-order valence-corrected chi connectivity index (χ0v) is 11.0. The molecule has 0 aromatic heterocycles. The molecule has 1 aromatic rings. The van der Waals surface area contributed by atoms with Gasteiger partial charge in [0.1, 0.15) is 5.82 Å². The minimum atomic E-state index is -0.677. The molecule has 0 saturated heterocycles. The Hall–Kier alpha value is -2.18. The molecule has 1 amide bonds. The van der Waals surface area contributed by atoms with Crippen molar-refractivity contribution in [3.63, 3.8) is 0 Å². The minimum absolute atomic E-state index is 0.141. The average Bonchev–Trinajstić information content (AvgIpc) is 2.36. The number of halogens is 1. The molecule has 1 N–H and O–H groups in total. The monoisotopic (exact) mass is 269 g/mol. The summed E-state index contributed by atoms with van der Waals surface area (Å²) in [4.78, 5) is 23.0. The third kappa shape index (κ3) is 3.90. The van der Waals surface area contributed by atoms with Crippen LogP contribution in [0.3, 0.4) is 0 Å². The first-order valence-corrected chi connectivity index (χ1v) is 5.73. The number of hydrogen-bond donors (Lipinski definition) is 1. The highest BCUT2D eigenvalue weighted by atomic mass is 19.1. The van der Waals surface area contributed by atoms with Gasteiger partial charge in [-0.15, -0.1) is 0 Å².